The van der Waals surface area contributed by atoms with E-state index in [1.54, 1.807) is 39.8 Å². The van der Waals surface area contributed by atoms with Crippen molar-refractivity contribution in [3.05, 3.63) is 153 Å². The summed E-state index contributed by atoms with van der Waals surface area (Å²) in [5.41, 5.74) is 11.3. The maximum absolute atomic E-state index is 15.2. The molecular weight excluding hydrogens is 855 g/mol. The van der Waals surface area contributed by atoms with Gasteiger partial charge in [0, 0.05) is 98.9 Å². The molecule has 68 heavy (non-hydrogen) atoms. The number of hydrogen-bond donors (Lipinski definition) is 2. The number of fused-ring (bicyclic) bond motifs is 2. The predicted molar refractivity (Wildman–Crippen MR) is 262 cm³/mol. The lowest BCUT2D eigenvalue weighted by Gasteiger charge is -2.36. The number of carbonyl (C=O) groups is 2. The average Bonchev–Trinajstić information content (AvgIpc) is 3.80. The van der Waals surface area contributed by atoms with Gasteiger partial charge in [0.1, 0.15) is 29.9 Å². The molecular formula is C55H61N7O6. The topological polar surface area (TPSA) is 140 Å². The Kier molecular flexibility index (Phi) is 13.2. The number of aliphatic hydroxyl groups excluding tert-OH is 1. The van der Waals surface area contributed by atoms with Crippen molar-refractivity contribution >= 4 is 23.2 Å². The molecule has 0 bridgehead atoms. The summed E-state index contributed by atoms with van der Waals surface area (Å²) >= 11 is 0. The van der Waals surface area contributed by atoms with Crippen LogP contribution in [-0.2, 0) is 56.0 Å². The summed E-state index contributed by atoms with van der Waals surface area (Å²) < 4.78 is 15.5. The van der Waals surface area contributed by atoms with Crippen LogP contribution in [0.4, 0.5) is 11.4 Å². The quantitative estimate of drug-likeness (QED) is 0.118. The van der Waals surface area contributed by atoms with E-state index in [4.69, 9.17) is 9.47 Å². The fourth-order valence-electron chi connectivity index (χ4n) is 10.1. The van der Waals surface area contributed by atoms with E-state index < -0.39 is 6.23 Å². The van der Waals surface area contributed by atoms with Crippen LogP contribution < -0.4 is 9.64 Å². The third-order valence-corrected chi connectivity index (χ3v) is 14.4. The summed E-state index contributed by atoms with van der Waals surface area (Å²) in [6, 6.07) is 32.8. The number of hydrogen-bond acceptors (Lipinski definition) is 9. The van der Waals surface area contributed by atoms with Crippen LogP contribution in [0.5, 0.6) is 11.5 Å². The van der Waals surface area contributed by atoms with Crippen LogP contribution in [0.1, 0.15) is 80.9 Å². The van der Waals surface area contributed by atoms with Gasteiger partial charge in [-0.1, -0.05) is 36.4 Å². The first kappa shape index (κ1) is 46.3. The van der Waals surface area contributed by atoms with Gasteiger partial charge in [0.15, 0.2) is 6.23 Å². The molecule has 0 aliphatic carbocycles. The summed E-state index contributed by atoms with van der Waals surface area (Å²) in [5, 5.41) is 32.7. The lowest BCUT2D eigenvalue weighted by Crippen LogP contribution is -2.43. The molecule has 6 aromatic rings. The molecule has 1 unspecified atom stereocenters. The normalized spacial score (nSPS) is 17.6. The monoisotopic (exact) mass is 915 g/mol. The second-order valence-electron chi connectivity index (χ2n) is 18.7. The number of nitrogens with zero attached hydrogens (tertiary/aromatic N) is 7. The lowest BCUT2D eigenvalue weighted by molar-refractivity contribution is -0.131. The number of anilines is 2. The van der Waals surface area contributed by atoms with Crippen LogP contribution in [-0.4, -0.2) is 97.4 Å². The van der Waals surface area contributed by atoms with Gasteiger partial charge in [0.2, 0.25) is 5.91 Å². The first-order valence-electron chi connectivity index (χ1n) is 23.6. The Labute approximate surface area is 399 Å². The van der Waals surface area contributed by atoms with E-state index in [0.717, 1.165) is 83.3 Å². The van der Waals surface area contributed by atoms with Gasteiger partial charge < -0.3 is 43.5 Å². The number of morpholine rings is 1. The van der Waals surface area contributed by atoms with E-state index >= 15 is 4.79 Å². The summed E-state index contributed by atoms with van der Waals surface area (Å²) in [5.74, 6) is 0.799. The van der Waals surface area contributed by atoms with Crippen molar-refractivity contribution < 1.29 is 29.3 Å². The number of nitriles is 1. The van der Waals surface area contributed by atoms with Crippen molar-refractivity contribution in [3.63, 3.8) is 0 Å². The molecule has 0 spiro atoms. The van der Waals surface area contributed by atoms with Gasteiger partial charge >= 0.3 is 0 Å². The Bertz CT molecular complexity index is 2880. The van der Waals surface area contributed by atoms with E-state index in [1.807, 2.05) is 90.8 Å². The molecule has 1 saturated heterocycles. The maximum atomic E-state index is 15.2. The van der Waals surface area contributed by atoms with Crippen molar-refractivity contribution in [1.29, 1.82) is 5.26 Å². The lowest BCUT2D eigenvalue weighted by atomic mass is 9.89. The number of phenols is 1. The molecule has 352 valence electrons. The summed E-state index contributed by atoms with van der Waals surface area (Å²) in [7, 11) is 3.77. The number of carbonyl (C=O) groups excluding carboxylic acids is 2. The number of aliphatic hydroxyl groups is 1. The molecule has 2 N–H and O–H groups in total. The van der Waals surface area contributed by atoms with Gasteiger partial charge in [-0.3, -0.25) is 14.5 Å². The van der Waals surface area contributed by atoms with Crippen molar-refractivity contribution in [3.8, 4) is 28.8 Å². The molecule has 2 aromatic heterocycles. The predicted octanol–water partition coefficient (Wildman–Crippen LogP) is 7.87. The SMILES string of the molecule is Cc1c(N(c2ccc(O)cc2)C(O)c2cc(-c3cc4c(cc3C(=O)N3Cc5ccccc5C[C@H]3C)CN(C(=O)Cc3ccc(OCCN5CCO[C@H](C)C5)cc3)CC4)n(C)c2C)cc(C#N)n1C. The van der Waals surface area contributed by atoms with E-state index in [-0.39, 0.29) is 36.1 Å². The highest BCUT2D eigenvalue weighted by atomic mass is 16.5. The minimum atomic E-state index is -1.21. The summed E-state index contributed by atoms with van der Waals surface area (Å²) in [6.07, 6.45) is 0.632. The average molecular weight is 916 g/mol. The highest BCUT2D eigenvalue weighted by Gasteiger charge is 2.34. The number of ether oxygens (including phenoxy) is 2. The summed E-state index contributed by atoms with van der Waals surface area (Å²) in [4.78, 5) is 37.2. The van der Waals surface area contributed by atoms with Gasteiger partial charge in [0.25, 0.3) is 5.91 Å². The molecule has 0 radical (unpaired) electrons. The Morgan fingerprint density at radius 1 is 0.882 bits per heavy atom. The molecule has 13 heteroatoms. The van der Waals surface area contributed by atoms with E-state index in [2.05, 4.69) is 43.0 Å². The van der Waals surface area contributed by atoms with Crippen molar-refractivity contribution in [2.45, 2.75) is 78.4 Å². The van der Waals surface area contributed by atoms with Crippen molar-refractivity contribution in [2.24, 2.45) is 14.1 Å². The van der Waals surface area contributed by atoms with Crippen molar-refractivity contribution in [2.75, 3.05) is 44.3 Å². The zero-order chi connectivity index (χ0) is 47.8. The van der Waals surface area contributed by atoms with Crippen molar-refractivity contribution in [1.82, 2.24) is 23.8 Å². The second-order valence-corrected chi connectivity index (χ2v) is 18.7. The van der Waals surface area contributed by atoms with E-state index in [9.17, 15) is 20.3 Å². The van der Waals surface area contributed by atoms with Gasteiger partial charge in [-0.15, -0.1) is 0 Å². The molecule has 3 aliphatic rings. The minimum Gasteiger partial charge on any atom is -0.508 e. The zero-order valence-corrected chi connectivity index (χ0v) is 39.9. The molecule has 3 aliphatic heterocycles. The Hall–Kier alpha value is -6.85. The number of amides is 2. The van der Waals surface area contributed by atoms with E-state index in [1.165, 1.54) is 5.56 Å². The molecule has 0 saturated carbocycles. The third-order valence-electron chi connectivity index (χ3n) is 14.4. The molecule has 2 amide bonds. The van der Waals surface area contributed by atoms with Crippen LogP contribution in [0.25, 0.3) is 11.3 Å². The van der Waals surface area contributed by atoms with Gasteiger partial charge in [-0.2, -0.15) is 5.26 Å². The smallest absolute Gasteiger partial charge is 0.255 e. The van der Waals surface area contributed by atoms with Gasteiger partial charge in [-0.05, 0) is 129 Å². The fourth-order valence-corrected chi connectivity index (χ4v) is 10.1. The number of rotatable bonds is 12. The molecule has 1 fully saturated rings. The molecule has 9 rings (SSSR count). The van der Waals surface area contributed by atoms with Crippen LogP contribution in [0.15, 0.2) is 97.1 Å². The molecule has 4 aromatic carbocycles. The maximum Gasteiger partial charge on any atom is 0.255 e. The van der Waals surface area contributed by atoms with Crippen LogP contribution >= 0.6 is 0 Å². The zero-order valence-electron chi connectivity index (χ0n) is 39.9. The number of benzene rings is 4. The van der Waals surface area contributed by atoms with E-state index in [0.29, 0.717) is 60.9 Å². The highest BCUT2D eigenvalue weighted by Crippen LogP contribution is 2.42. The standard InChI is InChI=1S/C55H61N7O6/c1-35-25-40-9-7-8-10-42(40)34-61(35)54(65)50-28-43-33-60(53(64)26-39-11-17-47(18-12-39)68-24-22-59-21-23-67-36(2)32-59)20-19-41(43)27-49(50)52-30-48(37(3)58(52)6)55(66)62(44-13-15-46(63)16-14-44)51-29-45(31-56)57(5)38(51)4/h7-18,27-30,35-36,55,63,66H,19-26,32-34H2,1-6H3/t35-,36-,55?/m1/s1. The minimum absolute atomic E-state index is 0.0226. The summed E-state index contributed by atoms with van der Waals surface area (Å²) in [6.45, 7) is 13.4. The first-order valence-corrected chi connectivity index (χ1v) is 23.6. The van der Waals surface area contributed by atoms with Crippen LogP contribution in [0, 0.1) is 25.2 Å². The third kappa shape index (κ3) is 9.24. The molecule has 5 heterocycles. The van der Waals surface area contributed by atoms with Crippen LogP contribution in [0.2, 0.25) is 0 Å². The largest absolute Gasteiger partial charge is 0.508 e. The molecule has 13 nitrogen and oxygen atoms in total. The van der Waals surface area contributed by atoms with Gasteiger partial charge in [-0.25, -0.2) is 0 Å². The number of aromatic nitrogens is 2. The second kappa shape index (κ2) is 19.4. The first-order chi connectivity index (χ1) is 32.8. The Balaban J connectivity index is 1.02. The van der Waals surface area contributed by atoms with Gasteiger partial charge in [0.05, 0.1) is 24.8 Å². The number of aromatic hydroxyl groups is 1. The van der Waals surface area contributed by atoms with Crippen LogP contribution in [0.3, 0.4) is 0 Å². The Morgan fingerprint density at radius 2 is 1.63 bits per heavy atom. The fraction of sp³-hybridized carbons (Fsp3) is 0.364. The molecule has 3 atom stereocenters. The number of phenolic OH excluding ortho intramolecular Hbond substituents is 1. The Morgan fingerprint density at radius 3 is 2.35 bits per heavy atom. The highest BCUT2D eigenvalue weighted by molar-refractivity contribution is 6.01.